The first kappa shape index (κ1) is 8.96. The molecular formula is C7H12N2O. The van der Waals surface area contributed by atoms with E-state index in [-0.39, 0.29) is 17.9 Å². The average molecular weight is 140 g/mol. The average Bonchev–Trinajstić information content (AvgIpc) is 1.59. The van der Waals surface area contributed by atoms with Crippen LogP contribution in [-0.4, -0.2) is 11.4 Å². The molecule has 0 fully saturated rings. The van der Waals surface area contributed by atoms with E-state index in [0.29, 0.717) is 0 Å². The molecule has 0 aliphatic carbocycles. The highest BCUT2D eigenvalue weighted by molar-refractivity contribution is 5.78. The number of amides is 1. The lowest BCUT2D eigenvalue weighted by atomic mass is 10.1. The summed E-state index contributed by atoms with van der Waals surface area (Å²) in [5.41, 5.74) is -0.228. The normalized spacial score (nSPS) is 10.2. The van der Waals surface area contributed by atoms with Crippen LogP contribution in [0.2, 0.25) is 0 Å². The number of carbonyl (C=O) groups is 1. The molecule has 10 heavy (non-hydrogen) atoms. The van der Waals surface area contributed by atoms with Crippen molar-refractivity contribution in [1.82, 2.24) is 5.32 Å². The number of rotatable bonds is 1. The van der Waals surface area contributed by atoms with E-state index in [0.717, 1.165) is 0 Å². The van der Waals surface area contributed by atoms with Gasteiger partial charge in [0.05, 0.1) is 6.07 Å². The molecule has 0 aromatic heterocycles. The maximum atomic E-state index is 10.7. The number of hydrogen-bond acceptors (Lipinski definition) is 2. The predicted molar refractivity (Wildman–Crippen MR) is 38.1 cm³/mol. The van der Waals surface area contributed by atoms with Gasteiger partial charge in [-0.15, -0.1) is 0 Å². The molecule has 0 aliphatic rings. The van der Waals surface area contributed by atoms with E-state index in [9.17, 15) is 4.79 Å². The smallest absolute Gasteiger partial charge is 0.234 e. The first-order valence-corrected chi connectivity index (χ1v) is 3.13. The van der Waals surface area contributed by atoms with Gasteiger partial charge in [0.1, 0.15) is 6.42 Å². The SMILES string of the molecule is CC(C)(C)NC(=O)CC#N. The van der Waals surface area contributed by atoms with Crippen molar-refractivity contribution in [2.75, 3.05) is 0 Å². The molecule has 0 unspecified atom stereocenters. The molecule has 0 aromatic rings. The minimum Gasteiger partial charge on any atom is -0.351 e. The fraction of sp³-hybridized carbons (Fsp3) is 0.714. The fourth-order valence-corrected chi connectivity index (χ4v) is 0.534. The molecule has 0 saturated carbocycles. The molecule has 0 atom stereocenters. The van der Waals surface area contributed by atoms with Gasteiger partial charge in [0.2, 0.25) is 5.91 Å². The van der Waals surface area contributed by atoms with Crippen molar-refractivity contribution in [2.24, 2.45) is 0 Å². The lowest BCUT2D eigenvalue weighted by molar-refractivity contribution is -0.121. The quantitative estimate of drug-likeness (QED) is 0.586. The summed E-state index contributed by atoms with van der Waals surface area (Å²) in [6, 6.07) is 1.78. The molecule has 1 N–H and O–H groups in total. The van der Waals surface area contributed by atoms with Crippen LogP contribution in [0.4, 0.5) is 0 Å². The first-order chi connectivity index (χ1) is 4.45. The molecule has 0 bridgehead atoms. The van der Waals surface area contributed by atoms with Crippen molar-refractivity contribution >= 4 is 5.91 Å². The summed E-state index contributed by atoms with van der Waals surface area (Å²) >= 11 is 0. The Morgan fingerprint density at radius 2 is 2.10 bits per heavy atom. The van der Waals surface area contributed by atoms with E-state index in [4.69, 9.17) is 5.26 Å². The van der Waals surface area contributed by atoms with Crippen molar-refractivity contribution in [3.8, 4) is 6.07 Å². The molecule has 0 rings (SSSR count). The van der Waals surface area contributed by atoms with Crippen LogP contribution in [-0.2, 0) is 4.79 Å². The van der Waals surface area contributed by atoms with Crippen molar-refractivity contribution in [3.63, 3.8) is 0 Å². The predicted octanol–water partition coefficient (Wildman–Crippen LogP) is 0.815. The second-order valence-corrected chi connectivity index (χ2v) is 3.13. The Labute approximate surface area is 61.0 Å². The van der Waals surface area contributed by atoms with Crippen LogP contribution in [0.15, 0.2) is 0 Å². The van der Waals surface area contributed by atoms with Crippen LogP contribution in [0.5, 0.6) is 0 Å². The zero-order chi connectivity index (χ0) is 8.20. The maximum absolute atomic E-state index is 10.7. The summed E-state index contributed by atoms with van der Waals surface area (Å²) in [5.74, 6) is -0.213. The third-order valence-electron chi connectivity index (χ3n) is 0.754. The van der Waals surface area contributed by atoms with Crippen molar-refractivity contribution in [2.45, 2.75) is 32.7 Å². The van der Waals surface area contributed by atoms with Gasteiger partial charge in [-0.2, -0.15) is 5.26 Å². The number of nitrogens with one attached hydrogen (secondary N) is 1. The molecule has 0 spiro atoms. The van der Waals surface area contributed by atoms with E-state index >= 15 is 0 Å². The molecule has 3 heteroatoms. The Morgan fingerprint density at radius 3 is 2.40 bits per heavy atom. The molecule has 0 radical (unpaired) electrons. The topological polar surface area (TPSA) is 52.9 Å². The highest BCUT2D eigenvalue weighted by Crippen LogP contribution is 1.98. The molecule has 0 heterocycles. The summed E-state index contributed by atoms with van der Waals surface area (Å²) < 4.78 is 0. The van der Waals surface area contributed by atoms with E-state index in [1.54, 1.807) is 6.07 Å². The van der Waals surface area contributed by atoms with Gasteiger partial charge in [-0.1, -0.05) is 0 Å². The van der Waals surface area contributed by atoms with Crippen molar-refractivity contribution < 1.29 is 4.79 Å². The number of hydrogen-bond donors (Lipinski definition) is 1. The molecule has 1 amide bonds. The van der Waals surface area contributed by atoms with Gasteiger partial charge in [-0.05, 0) is 20.8 Å². The van der Waals surface area contributed by atoms with Gasteiger partial charge < -0.3 is 5.32 Å². The van der Waals surface area contributed by atoms with Crippen LogP contribution >= 0.6 is 0 Å². The van der Waals surface area contributed by atoms with Gasteiger partial charge in [0.25, 0.3) is 0 Å². The second-order valence-electron chi connectivity index (χ2n) is 3.13. The Kier molecular flexibility index (Phi) is 2.88. The van der Waals surface area contributed by atoms with Gasteiger partial charge in [0, 0.05) is 5.54 Å². The van der Waals surface area contributed by atoms with E-state index in [1.165, 1.54) is 0 Å². The maximum Gasteiger partial charge on any atom is 0.234 e. The minimum absolute atomic E-state index is 0.0583. The highest BCUT2D eigenvalue weighted by atomic mass is 16.1. The molecule has 3 nitrogen and oxygen atoms in total. The summed E-state index contributed by atoms with van der Waals surface area (Å²) in [4.78, 5) is 10.7. The van der Waals surface area contributed by atoms with E-state index in [1.807, 2.05) is 20.8 Å². The summed E-state index contributed by atoms with van der Waals surface area (Å²) in [6.45, 7) is 5.63. The van der Waals surface area contributed by atoms with E-state index < -0.39 is 0 Å². The summed E-state index contributed by atoms with van der Waals surface area (Å²) in [6.07, 6.45) is -0.0583. The zero-order valence-electron chi connectivity index (χ0n) is 6.56. The Morgan fingerprint density at radius 1 is 1.60 bits per heavy atom. The summed E-state index contributed by atoms with van der Waals surface area (Å²) in [7, 11) is 0. The largest absolute Gasteiger partial charge is 0.351 e. The van der Waals surface area contributed by atoms with Gasteiger partial charge in [-0.3, -0.25) is 4.79 Å². The molecule has 0 aliphatic heterocycles. The van der Waals surface area contributed by atoms with Crippen LogP contribution in [0.3, 0.4) is 0 Å². The second kappa shape index (κ2) is 3.21. The fourth-order valence-electron chi connectivity index (χ4n) is 0.534. The molecule has 56 valence electrons. The van der Waals surface area contributed by atoms with Crippen molar-refractivity contribution in [1.29, 1.82) is 5.26 Å². The zero-order valence-corrected chi connectivity index (χ0v) is 6.56. The monoisotopic (exact) mass is 140 g/mol. The standard InChI is InChI=1S/C7H12N2O/c1-7(2,3)9-6(10)4-5-8/h4H2,1-3H3,(H,9,10). The van der Waals surface area contributed by atoms with Crippen molar-refractivity contribution in [3.05, 3.63) is 0 Å². The van der Waals surface area contributed by atoms with Gasteiger partial charge in [0.15, 0.2) is 0 Å². The third kappa shape index (κ3) is 5.10. The number of nitrogens with zero attached hydrogens (tertiary/aromatic N) is 1. The number of carbonyl (C=O) groups excluding carboxylic acids is 1. The van der Waals surface area contributed by atoms with Crippen LogP contribution in [0.25, 0.3) is 0 Å². The van der Waals surface area contributed by atoms with Crippen LogP contribution < -0.4 is 5.32 Å². The minimum atomic E-state index is -0.228. The lowest BCUT2D eigenvalue weighted by Gasteiger charge is -2.19. The molecule has 0 aromatic carbocycles. The third-order valence-corrected chi connectivity index (χ3v) is 0.754. The summed E-state index contributed by atoms with van der Waals surface area (Å²) in [5, 5.41) is 10.8. The van der Waals surface area contributed by atoms with Crippen LogP contribution in [0, 0.1) is 11.3 Å². The van der Waals surface area contributed by atoms with E-state index in [2.05, 4.69) is 5.32 Å². The Hall–Kier alpha value is -1.04. The molecular weight excluding hydrogens is 128 g/mol. The first-order valence-electron chi connectivity index (χ1n) is 3.13. The Bertz CT molecular complexity index is 161. The van der Waals surface area contributed by atoms with Crippen LogP contribution in [0.1, 0.15) is 27.2 Å². The van der Waals surface area contributed by atoms with Gasteiger partial charge >= 0.3 is 0 Å². The highest BCUT2D eigenvalue weighted by Gasteiger charge is 2.12. The lowest BCUT2D eigenvalue weighted by Crippen LogP contribution is -2.40. The molecule has 0 saturated heterocycles. The Balaban J connectivity index is 3.72. The van der Waals surface area contributed by atoms with Gasteiger partial charge in [-0.25, -0.2) is 0 Å². The number of nitriles is 1.